The first-order valence-electron chi connectivity index (χ1n) is 4.77. The Balaban J connectivity index is 2.38. The van der Waals surface area contributed by atoms with E-state index in [0.29, 0.717) is 13.0 Å². The van der Waals surface area contributed by atoms with Gasteiger partial charge in [-0.25, -0.2) is 0 Å². The van der Waals surface area contributed by atoms with Gasteiger partial charge in [-0.2, -0.15) is 0 Å². The summed E-state index contributed by atoms with van der Waals surface area (Å²) in [6.45, 7) is 3.05. The van der Waals surface area contributed by atoms with Gasteiger partial charge >= 0.3 is 0 Å². The lowest BCUT2D eigenvalue weighted by atomic mass is 10.1. The smallest absolute Gasteiger partial charge is 0.189 e. The zero-order valence-corrected chi connectivity index (χ0v) is 8.40. The first-order valence-corrected chi connectivity index (χ1v) is 4.77. The molecule has 0 saturated heterocycles. The van der Waals surface area contributed by atoms with Crippen LogP contribution >= 0.6 is 0 Å². The molecular formula is C11H16O3. The number of hydrogen-bond donors (Lipinski definition) is 1. The van der Waals surface area contributed by atoms with Crippen LogP contribution < -0.4 is 4.74 Å². The Morgan fingerprint density at radius 3 is 2.50 bits per heavy atom. The Hall–Kier alpha value is -1.06. The van der Waals surface area contributed by atoms with Crippen molar-refractivity contribution in [3.8, 4) is 5.75 Å². The standard InChI is InChI=1S/C11H16O3/c1-2-13-9-14-11-5-3-10(4-6-11)7-8-12/h3-6,12H,2,7-9H2,1H3. The molecule has 3 nitrogen and oxygen atoms in total. The van der Waals surface area contributed by atoms with Crippen molar-refractivity contribution in [3.63, 3.8) is 0 Å². The number of aliphatic hydroxyl groups is 1. The zero-order chi connectivity index (χ0) is 10.2. The van der Waals surface area contributed by atoms with Gasteiger partial charge in [0, 0.05) is 13.2 Å². The third kappa shape index (κ3) is 3.77. The molecule has 1 aromatic rings. The molecule has 0 saturated carbocycles. The second-order valence-electron chi connectivity index (χ2n) is 2.87. The Kier molecular flexibility index (Phi) is 5.04. The van der Waals surface area contributed by atoms with Gasteiger partial charge in [0.15, 0.2) is 6.79 Å². The van der Waals surface area contributed by atoms with Crippen LogP contribution in [0.3, 0.4) is 0 Å². The highest BCUT2D eigenvalue weighted by atomic mass is 16.7. The summed E-state index contributed by atoms with van der Waals surface area (Å²) < 4.78 is 10.3. The average molecular weight is 196 g/mol. The number of ether oxygens (including phenoxy) is 2. The van der Waals surface area contributed by atoms with Crippen LogP contribution in [0.5, 0.6) is 5.75 Å². The van der Waals surface area contributed by atoms with Gasteiger partial charge in [0.1, 0.15) is 5.75 Å². The van der Waals surface area contributed by atoms with Gasteiger partial charge < -0.3 is 14.6 Å². The highest BCUT2D eigenvalue weighted by molar-refractivity contribution is 5.27. The van der Waals surface area contributed by atoms with Gasteiger partial charge in [-0.05, 0) is 31.0 Å². The maximum atomic E-state index is 8.71. The van der Waals surface area contributed by atoms with E-state index in [0.717, 1.165) is 11.3 Å². The molecule has 1 rings (SSSR count). The molecule has 1 N–H and O–H groups in total. The van der Waals surface area contributed by atoms with Crippen LogP contribution in [0.2, 0.25) is 0 Å². The number of aliphatic hydroxyl groups excluding tert-OH is 1. The first kappa shape index (κ1) is 11.0. The van der Waals surface area contributed by atoms with Gasteiger partial charge in [-0.3, -0.25) is 0 Å². The van der Waals surface area contributed by atoms with Gasteiger partial charge in [0.2, 0.25) is 0 Å². The summed E-state index contributed by atoms with van der Waals surface area (Å²) in [5.41, 5.74) is 1.11. The highest BCUT2D eigenvalue weighted by Gasteiger charge is 1.94. The molecule has 0 unspecified atom stereocenters. The number of benzene rings is 1. The van der Waals surface area contributed by atoms with E-state index in [4.69, 9.17) is 14.6 Å². The summed E-state index contributed by atoms with van der Waals surface area (Å²) in [4.78, 5) is 0. The van der Waals surface area contributed by atoms with Crippen LogP contribution in [0.25, 0.3) is 0 Å². The Morgan fingerprint density at radius 2 is 1.93 bits per heavy atom. The molecule has 14 heavy (non-hydrogen) atoms. The van der Waals surface area contributed by atoms with Crippen molar-refractivity contribution < 1.29 is 14.6 Å². The van der Waals surface area contributed by atoms with E-state index in [1.54, 1.807) is 0 Å². The maximum absolute atomic E-state index is 8.71. The fourth-order valence-electron chi connectivity index (χ4n) is 1.07. The average Bonchev–Trinajstić information content (AvgIpc) is 2.21. The molecule has 0 aliphatic rings. The van der Waals surface area contributed by atoms with Gasteiger partial charge in [0.05, 0.1) is 0 Å². The van der Waals surface area contributed by atoms with Crippen molar-refractivity contribution in [2.75, 3.05) is 20.0 Å². The lowest BCUT2D eigenvalue weighted by Crippen LogP contribution is -2.02. The molecular weight excluding hydrogens is 180 g/mol. The summed E-state index contributed by atoms with van der Waals surface area (Å²) in [6.07, 6.45) is 0.686. The molecule has 3 heteroatoms. The summed E-state index contributed by atoms with van der Waals surface area (Å²) in [6, 6.07) is 7.64. The molecule has 1 aromatic carbocycles. The lowest BCUT2D eigenvalue weighted by molar-refractivity contribution is 0.0224. The largest absolute Gasteiger partial charge is 0.468 e. The molecule has 0 fully saturated rings. The fourth-order valence-corrected chi connectivity index (χ4v) is 1.07. The van der Waals surface area contributed by atoms with Crippen LogP contribution in [0.4, 0.5) is 0 Å². The molecule has 0 amide bonds. The van der Waals surface area contributed by atoms with Crippen LogP contribution in [-0.4, -0.2) is 25.1 Å². The minimum absolute atomic E-state index is 0.180. The van der Waals surface area contributed by atoms with E-state index in [9.17, 15) is 0 Å². The summed E-state index contributed by atoms with van der Waals surface area (Å²) >= 11 is 0. The molecule has 0 bridgehead atoms. The summed E-state index contributed by atoms with van der Waals surface area (Å²) in [7, 11) is 0. The second-order valence-corrected chi connectivity index (χ2v) is 2.87. The Labute approximate surface area is 84.3 Å². The summed E-state index contributed by atoms with van der Waals surface area (Å²) in [5.74, 6) is 0.792. The van der Waals surface area contributed by atoms with Crippen molar-refractivity contribution >= 4 is 0 Å². The third-order valence-corrected chi connectivity index (χ3v) is 1.84. The van der Waals surface area contributed by atoms with Crippen molar-refractivity contribution in [2.24, 2.45) is 0 Å². The van der Waals surface area contributed by atoms with E-state index in [1.165, 1.54) is 0 Å². The molecule has 0 spiro atoms. The van der Waals surface area contributed by atoms with Crippen molar-refractivity contribution in [1.29, 1.82) is 0 Å². The predicted molar refractivity (Wildman–Crippen MR) is 54.4 cm³/mol. The molecule has 0 aromatic heterocycles. The molecule has 0 aliphatic heterocycles. The van der Waals surface area contributed by atoms with Gasteiger partial charge in [0.25, 0.3) is 0 Å². The van der Waals surface area contributed by atoms with Crippen molar-refractivity contribution in [3.05, 3.63) is 29.8 Å². The van der Waals surface area contributed by atoms with E-state index in [-0.39, 0.29) is 13.4 Å². The lowest BCUT2D eigenvalue weighted by Gasteiger charge is -2.06. The Bertz CT molecular complexity index is 243. The van der Waals surface area contributed by atoms with Crippen LogP contribution in [0.15, 0.2) is 24.3 Å². The van der Waals surface area contributed by atoms with E-state index >= 15 is 0 Å². The van der Waals surface area contributed by atoms with Gasteiger partial charge in [-0.1, -0.05) is 12.1 Å². The quantitative estimate of drug-likeness (QED) is 0.554. The summed E-state index contributed by atoms with van der Waals surface area (Å²) in [5, 5.41) is 8.71. The monoisotopic (exact) mass is 196 g/mol. The normalized spacial score (nSPS) is 10.1. The SMILES string of the molecule is CCOCOc1ccc(CCO)cc1. The maximum Gasteiger partial charge on any atom is 0.189 e. The van der Waals surface area contributed by atoms with Crippen molar-refractivity contribution in [1.82, 2.24) is 0 Å². The molecule has 0 radical (unpaired) electrons. The highest BCUT2D eigenvalue weighted by Crippen LogP contribution is 2.12. The third-order valence-electron chi connectivity index (χ3n) is 1.84. The topological polar surface area (TPSA) is 38.7 Å². The minimum Gasteiger partial charge on any atom is -0.468 e. The van der Waals surface area contributed by atoms with E-state index in [2.05, 4.69) is 0 Å². The van der Waals surface area contributed by atoms with Crippen molar-refractivity contribution in [2.45, 2.75) is 13.3 Å². The first-order chi connectivity index (χ1) is 6.86. The van der Waals surface area contributed by atoms with Crippen LogP contribution in [-0.2, 0) is 11.2 Å². The van der Waals surface area contributed by atoms with E-state index in [1.807, 2.05) is 31.2 Å². The van der Waals surface area contributed by atoms with Crippen LogP contribution in [0, 0.1) is 0 Å². The number of rotatable bonds is 6. The van der Waals surface area contributed by atoms with E-state index < -0.39 is 0 Å². The second kappa shape index (κ2) is 6.40. The van der Waals surface area contributed by atoms with Crippen LogP contribution in [0.1, 0.15) is 12.5 Å². The van der Waals surface area contributed by atoms with Gasteiger partial charge in [-0.15, -0.1) is 0 Å². The minimum atomic E-state index is 0.180. The fraction of sp³-hybridized carbons (Fsp3) is 0.455. The molecule has 0 aliphatic carbocycles. The zero-order valence-electron chi connectivity index (χ0n) is 8.40. The molecule has 0 atom stereocenters. The Morgan fingerprint density at radius 1 is 1.21 bits per heavy atom. The number of hydrogen-bond acceptors (Lipinski definition) is 3. The predicted octanol–water partition coefficient (Wildman–Crippen LogP) is 1.59. The molecule has 0 heterocycles. The molecule has 78 valence electrons.